The predicted molar refractivity (Wildman–Crippen MR) is 86.2 cm³/mol. The van der Waals surface area contributed by atoms with Crippen LogP contribution in [0.4, 0.5) is 0 Å². The van der Waals surface area contributed by atoms with Crippen LogP contribution in [0, 0.1) is 5.92 Å². The summed E-state index contributed by atoms with van der Waals surface area (Å²) in [7, 11) is 1.87. The van der Waals surface area contributed by atoms with E-state index in [0.29, 0.717) is 6.54 Å². The summed E-state index contributed by atoms with van der Waals surface area (Å²) in [5.74, 6) is 0.253. The standard InChI is InChI=1S/C18H22N2O2/c1-20(18(22)13-5-7-16(21)8-6-13)12-15-4-2-3-14-11-19-10-9-17(14)15/h2-4,9-11,13,16,21H,5-8,12H2,1H3. The second kappa shape index (κ2) is 6.44. The van der Waals surface area contributed by atoms with E-state index in [2.05, 4.69) is 11.1 Å². The monoisotopic (exact) mass is 298 g/mol. The van der Waals surface area contributed by atoms with Crippen LogP contribution in [0.5, 0.6) is 0 Å². The van der Waals surface area contributed by atoms with E-state index in [1.807, 2.05) is 36.3 Å². The average molecular weight is 298 g/mol. The number of aliphatic hydroxyl groups excluding tert-OH is 1. The molecule has 4 heteroatoms. The second-order valence-electron chi connectivity index (χ2n) is 6.21. The SMILES string of the molecule is CN(Cc1cccc2cnccc12)C(=O)C1CCC(O)CC1. The molecule has 1 aromatic heterocycles. The van der Waals surface area contributed by atoms with Crippen LogP contribution in [0.25, 0.3) is 10.8 Å². The maximum atomic E-state index is 12.6. The minimum Gasteiger partial charge on any atom is -0.393 e. The van der Waals surface area contributed by atoms with Gasteiger partial charge in [-0.1, -0.05) is 18.2 Å². The highest BCUT2D eigenvalue weighted by Gasteiger charge is 2.27. The number of hydrogen-bond donors (Lipinski definition) is 1. The van der Waals surface area contributed by atoms with Crippen molar-refractivity contribution in [3.63, 3.8) is 0 Å². The molecule has 1 aliphatic rings. The Morgan fingerprint density at radius 3 is 2.82 bits per heavy atom. The van der Waals surface area contributed by atoms with E-state index in [0.717, 1.165) is 42.0 Å². The first-order valence-electron chi connectivity index (χ1n) is 7.90. The number of carbonyl (C=O) groups is 1. The van der Waals surface area contributed by atoms with Crippen LogP contribution in [-0.4, -0.2) is 34.0 Å². The fourth-order valence-corrected chi connectivity index (χ4v) is 3.30. The molecule has 0 bridgehead atoms. The molecule has 116 valence electrons. The molecule has 0 unspecified atom stereocenters. The van der Waals surface area contributed by atoms with Crippen molar-refractivity contribution in [2.45, 2.75) is 38.3 Å². The highest BCUT2D eigenvalue weighted by Crippen LogP contribution is 2.26. The lowest BCUT2D eigenvalue weighted by molar-refractivity contribution is -0.136. The van der Waals surface area contributed by atoms with Crippen molar-refractivity contribution in [2.75, 3.05) is 7.05 Å². The summed E-state index contributed by atoms with van der Waals surface area (Å²) >= 11 is 0. The van der Waals surface area contributed by atoms with Gasteiger partial charge in [0.15, 0.2) is 0 Å². The van der Waals surface area contributed by atoms with Crippen LogP contribution in [0.3, 0.4) is 0 Å². The number of aromatic nitrogens is 1. The number of hydrogen-bond acceptors (Lipinski definition) is 3. The number of carbonyl (C=O) groups excluding carboxylic acids is 1. The Balaban J connectivity index is 1.73. The van der Waals surface area contributed by atoms with E-state index in [1.165, 1.54) is 0 Å². The molecule has 3 rings (SSSR count). The number of rotatable bonds is 3. The molecule has 1 aromatic carbocycles. The predicted octanol–water partition coefficient (Wildman–Crippen LogP) is 2.74. The minimum atomic E-state index is -0.222. The van der Waals surface area contributed by atoms with Gasteiger partial charge in [0.2, 0.25) is 5.91 Å². The van der Waals surface area contributed by atoms with Gasteiger partial charge in [-0.15, -0.1) is 0 Å². The van der Waals surface area contributed by atoms with Gasteiger partial charge in [0.05, 0.1) is 6.10 Å². The molecule has 0 spiro atoms. The third-order valence-electron chi connectivity index (χ3n) is 4.60. The van der Waals surface area contributed by atoms with Gasteiger partial charge in [-0.2, -0.15) is 0 Å². The molecule has 4 nitrogen and oxygen atoms in total. The molecule has 1 fully saturated rings. The zero-order valence-corrected chi connectivity index (χ0v) is 12.9. The second-order valence-corrected chi connectivity index (χ2v) is 6.21. The Hall–Kier alpha value is -1.94. The summed E-state index contributed by atoms with van der Waals surface area (Å²) in [6.45, 7) is 0.610. The number of aliphatic hydroxyl groups is 1. The molecular formula is C18H22N2O2. The fourth-order valence-electron chi connectivity index (χ4n) is 3.30. The highest BCUT2D eigenvalue weighted by atomic mass is 16.3. The molecule has 0 saturated heterocycles. The van der Waals surface area contributed by atoms with Crippen molar-refractivity contribution in [1.29, 1.82) is 0 Å². The maximum absolute atomic E-state index is 12.6. The fraction of sp³-hybridized carbons (Fsp3) is 0.444. The van der Waals surface area contributed by atoms with Crippen molar-refractivity contribution in [1.82, 2.24) is 9.88 Å². The van der Waals surface area contributed by atoms with Gasteiger partial charge in [0, 0.05) is 37.3 Å². The molecule has 1 aliphatic carbocycles. The van der Waals surface area contributed by atoms with Gasteiger partial charge in [-0.25, -0.2) is 0 Å². The van der Waals surface area contributed by atoms with E-state index in [-0.39, 0.29) is 17.9 Å². The van der Waals surface area contributed by atoms with Gasteiger partial charge in [-0.05, 0) is 42.7 Å². The van der Waals surface area contributed by atoms with Crippen molar-refractivity contribution in [3.8, 4) is 0 Å². The molecule has 22 heavy (non-hydrogen) atoms. The third-order valence-corrected chi connectivity index (χ3v) is 4.60. The van der Waals surface area contributed by atoms with Crippen molar-refractivity contribution in [2.24, 2.45) is 5.92 Å². The number of fused-ring (bicyclic) bond motifs is 1. The molecule has 2 aromatic rings. The van der Waals surface area contributed by atoms with Gasteiger partial charge < -0.3 is 10.0 Å². The Morgan fingerprint density at radius 1 is 1.27 bits per heavy atom. The molecule has 1 heterocycles. The summed E-state index contributed by atoms with van der Waals surface area (Å²) in [5.41, 5.74) is 1.14. The summed E-state index contributed by atoms with van der Waals surface area (Å²) in [6, 6.07) is 8.11. The smallest absolute Gasteiger partial charge is 0.225 e. The largest absolute Gasteiger partial charge is 0.393 e. The van der Waals surface area contributed by atoms with Gasteiger partial charge in [-0.3, -0.25) is 9.78 Å². The lowest BCUT2D eigenvalue weighted by Gasteiger charge is -2.28. The van der Waals surface area contributed by atoms with E-state index in [1.54, 1.807) is 6.20 Å². The molecule has 0 aliphatic heterocycles. The molecule has 1 saturated carbocycles. The molecule has 1 amide bonds. The lowest BCUT2D eigenvalue weighted by atomic mass is 9.86. The Labute approximate surface area is 130 Å². The molecule has 0 atom stereocenters. The number of benzene rings is 1. The van der Waals surface area contributed by atoms with Gasteiger partial charge in [0.1, 0.15) is 0 Å². The Kier molecular flexibility index (Phi) is 4.39. The number of amides is 1. The Morgan fingerprint density at radius 2 is 2.05 bits per heavy atom. The van der Waals surface area contributed by atoms with Crippen molar-refractivity contribution >= 4 is 16.7 Å². The van der Waals surface area contributed by atoms with Crippen LogP contribution in [-0.2, 0) is 11.3 Å². The topological polar surface area (TPSA) is 53.4 Å². The quantitative estimate of drug-likeness (QED) is 0.948. The summed E-state index contributed by atoms with van der Waals surface area (Å²) in [5, 5.41) is 11.8. The molecular weight excluding hydrogens is 276 g/mol. The van der Waals surface area contributed by atoms with E-state index >= 15 is 0 Å². The van der Waals surface area contributed by atoms with Crippen LogP contribution < -0.4 is 0 Å². The zero-order valence-electron chi connectivity index (χ0n) is 12.9. The van der Waals surface area contributed by atoms with Gasteiger partial charge >= 0.3 is 0 Å². The third kappa shape index (κ3) is 3.12. The van der Waals surface area contributed by atoms with E-state index in [4.69, 9.17) is 0 Å². The summed E-state index contributed by atoms with van der Waals surface area (Å²) in [6.07, 6.45) is 6.49. The maximum Gasteiger partial charge on any atom is 0.225 e. The first kappa shape index (κ1) is 15.0. The minimum absolute atomic E-state index is 0.0602. The summed E-state index contributed by atoms with van der Waals surface area (Å²) < 4.78 is 0. The summed E-state index contributed by atoms with van der Waals surface area (Å²) in [4.78, 5) is 18.5. The molecule has 1 N–H and O–H groups in total. The molecule has 0 radical (unpaired) electrons. The zero-order chi connectivity index (χ0) is 15.5. The van der Waals surface area contributed by atoms with Crippen molar-refractivity contribution in [3.05, 3.63) is 42.2 Å². The van der Waals surface area contributed by atoms with Crippen LogP contribution in [0.1, 0.15) is 31.2 Å². The first-order chi connectivity index (χ1) is 10.6. The van der Waals surface area contributed by atoms with Gasteiger partial charge in [0.25, 0.3) is 0 Å². The number of pyridine rings is 1. The number of nitrogens with zero attached hydrogens (tertiary/aromatic N) is 2. The van der Waals surface area contributed by atoms with Crippen LogP contribution in [0.2, 0.25) is 0 Å². The highest BCUT2D eigenvalue weighted by molar-refractivity contribution is 5.85. The van der Waals surface area contributed by atoms with Crippen LogP contribution >= 0.6 is 0 Å². The van der Waals surface area contributed by atoms with E-state index in [9.17, 15) is 9.90 Å². The van der Waals surface area contributed by atoms with E-state index < -0.39 is 0 Å². The Bertz CT molecular complexity index is 658. The lowest BCUT2D eigenvalue weighted by Crippen LogP contribution is -2.35. The van der Waals surface area contributed by atoms with Crippen molar-refractivity contribution < 1.29 is 9.90 Å². The first-order valence-corrected chi connectivity index (χ1v) is 7.90. The normalized spacial score (nSPS) is 21.7. The average Bonchev–Trinajstić information content (AvgIpc) is 2.55. The van der Waals surface area contributed by atoms with Crippen LogP contribution in [0.15, 0.2) is 36.7 Å².